The van der Waals surface area contributed by atoms with Crippen LogP contribution in [-0.2, 0) is 19.2 Å². The lowest BCUT2D eigenvalue weighted by molar-refractivity contribution is -0.139. The summed E-state index contributed by atoms with van der Waals surface area (Å²) in [6.45, 7) is 0.167. The van der Waals surface area contributed by atoms with Crippen LogP contribution >= 0.6 is 11.6 Å². The standard InChI is InChI=1S/C25H21ClN2O5/c26-20-10-3-4-11-21(20)27-14-15(12-22(27)29)25(32)33-17-7-5-6-16(13-17)28-23(30)18-8-1-2-9-19(18)24(28)31/h1-7,10-11,13,15,18-19H,8-9,12,14H2/t15-,18-,19-/m1/s1. The highest BCUT2D eigenvalue weighted by Crippen LogP contribution is 2.38. The second kappa shape index (κ2) is 8.48. The average molecular weight is 465 g/mol. The maximum atomic E-state index is 12.8. The van der Waals surface area contributed by atoms with E-state index in [1.54, 1.807) is 42.5 Å². The molecule has 0 N–H and O–H groups in total. The van der Waals surface area contributed by atoms with Crippen LogP contribution in [0.1, 0.15) is 19.3 Å². The van der Waals surface area contributed by atoms with Gasteiger partial charge in [0.2, 0.25) is 17.7 Å². The van der Waals surface area contributed by atoms with Gasteiger partial charge < -0.3 is 9.64 Å². The number of anilines is 2. The lowest BCUT2D eigenvalue weighted by Gasteiger charge is -2.18. The normalized spacial score (nSPS) is 24.4. The minimum Gasteiger partial charge on any atom is -0.426 e. The summed E-state index contributed by atoms with van der Waals surface area (Å²) in [5.41, 5.74) is 0.938. The molecule has 3 aliphatic rings. The Morgan fingerprint density at radius 1 is 0.939 bits per heavy atom. The van der Waals surface area contributed by atoms with Crippen molar-refractivity contribution in [1.29, 1.82) is 0 Å². The summed E-state index contributed by atoms with van der Waals surface area (Å²) in [6, 6.07) is 13.4. The molecule has 2 fully saturated rings. The van der Waals surface area contributed by atoms with E-state index in [0.29, 0.717) is 29.2 Å². The van der Waals surface area contributed by atoms with Gasteiger partial charge in [-0.25, -0.2) is 4.90 Å². The molecule has 0 radical (unpaired) electrons. The van der Waals surface area contributed by atoms with E-state index in [1.807, 2.05) is 12.2 Å². The Morgan fingerprint density at radius 3 is 2.33 bits per heavy atom. The molecule has 0 spiro atoms. The highest BCUT2D eigenvalue weighted by molar-refractivity contribution is 6.34. The first-order valence-corrected chi connectivity index (χ1v) is 11.2. The third kappa shape index (κ3) is 3.82. The summed E-state index contributed by atoms with van der Waals surface area (Å²) < 4.78 is 5.54. The summed E-state index contributed by atoms with van der Waals surface area (Å²) >= 11 is 6.20. The number of carbonyl (C=O) groups excluding carboxylic acids is 4. The van der Waals surface area contributed by atoms with E-state index in [4.69, 9.17) is 16.3 Å². The van der Waals surface area contributed by atoms with Gasteiger partial charge in [0.15, 0.2) is 0 Å². The highest BCUT2D eigenvalue weighted by Gasteiger charge is 2.48. The fourth-order valence-electron chi connectivity index (χ4n) is 4.71. The number of benzene rings is 2. The molecule has 3 amide bonds. The first-order valence-electron chi connectivity index (χ1n) is 10.8. The van der Waals surface area contributed by atoms with Gasteiger partial charge in [-0.3, -0.25) is 19.2 Å². The van der Waals surface area contributed by atoms with Crippen LogP contribution in [0.5, 0.6) is 5.75 Å². The van der Waals surface area contributed by atoms with Crippen LogP contribution in [0.4, 0.5) is 11.4 Å². The van der Waals surface area contributed by atoms with E-state index in [1.165, 1.54) is 15.9 Å². The molecule has 2 aliphatic heterocycles. The van der Waals surface area contributed by atoms with Crippen molar-refractivity contribution in [2.45, 2.75) is 19.3 Å². The van der Waals surface area contributed by atoms with Gasteiger partial charge in [0.25, 0.3) is 0 Å². The molecule has 2 saturated heterocycles. The van der Waals surface area contributed by atoms with Crippen molar-refractivity contribution in [3.63, 3.8) is 0 Å². The van der Waals surface area contributed by atoms with Crippen molar-refractivity contribution in [2.24, 2.45) is 17.8 Å². The summed E-state index contributed by atoms with van der Waals surface area (Å²) in [5.74, 6) is -2.32. The Bertz CT molecular complexity index is 1170. The van der Waals surface area contributed by atoms with Crippen LogP contribution in [-0.4, -0.2) is 30.2 Å². The van der Waals surface area contributed by atoms with Gasteiger partial charge in [-0.2, -0.15) is 0 Å². The van der Waals surface area contributed by atoms with Crippen LogP contribution in [0, 0.1) is 17.8 Å². The minimum absolute atomic E-state index is 0.0171. The molecule has 0 unspecified atom stereocenters. The van der Waals surface area contributed by atoms with Gasteiger partial charge in [0.05, 0.1) is 34.2 Å². The van der Waals surface area contributed by atoms with Crippen molar-refractivity contribution < 1.29 is 23.9 Å². The molecule has 33 heavy (non-hydrogen) atoms. The Morgan fingerprint density at radius 2 is 1.64 bits per heavy atom. The highest BCUT2D eigenvalue weighted by atomic mass is 35.5. The summed E-state index contributed by atoms with van der Waals surface area (Å²) in [4.78, 5) is 53.6. The quantitative estimate of drug-likeness (QED) is 0.298. The Balaban J connectivity index is 1.30. The second-order valence-electron chi connectivity index (χ2n) is 8.44. The lowest BCUT2D eigenvalue weighted by Crippen LogP contribution is -2.31. The number of halogens is 1. The summed E-state index contributed by atoms with van der Waals surface area (Å²) in [5, 5.41) is 0.434. The molecular weight excluding hydrogens is 444 g/mol. The third-order valence-electron chi connectivity index (χ3n) is 6.40. The lowest BCUT2D eigenvalue weighted by atomic mass is 9.85. The van der Waals surface area contributed by atoms with Crippen LogP contribution in [0.25, 0.3) is 0 Å². The number of ether oxygens (including phenoxy) is 1. The van der Waals surface area contributed by atoms with Crippen LogP contribution in [0.2, 0.25) is 5.02 Å². The van der Waals surface area contributed by atoms with Gasteiger partial charge in [-0.1, -0.05) is 42.0 Å². The molecule has 7 nitrogen and oxygen atoms in total. The number of hydrogen-bond acceptors (Lipinski definition) is 5. The molecule has 2 aromatic carbocycles. The Kier molecular flexibility index (Phi) is 5.50. The molecule has 1 aliphatic carbocycles. The number of fused-ring (bicyclic) bond motifs is 1. The molecule has 168 valence electrons. The zero-order valence-electron chi connectivity index (χ0n) is 17.6. The maximum Gasteiger partial charge on any atom is 0.316 e. The predicted octanol–water partition coefficient (Wildman–Crippen LogP) is 3.75. The molecule has 0 bridgehead atoms. The van der Waals surface area contributed by atoms with Crippen molar-refractivity contribution in [3.8, 4) is 5.75 Å². The zero-order valence-corrected chi connectivity index (χ0v) is 18.4. The van der Waals surface area contributed by atoms with Crippen LogP contribution < -0.4 is 14.5 Å². The Labute approximate surface area is 195 Å². The largest absolute Gasteiger partial charge is 0.426 e. The first kappa shape index (κ1) is 21.4. The molecule has 3 atom stereocenters. The van der Waals surface area contributed by atoms with Gasteiger partial charge in [-0.05, 0) is 37.1 Å². The number of esters is 1. The number of carbonyl (C=O) groups is 4. The van der Waals surface area contributed by atoms with Crippen LogP contribution in [0.15, 0.2) is 60.7 Å². The van der Waals surface area contributed by atoms with E-state index in [2.05, 4.69) is 0 Å². The fourth-order valence-corrected chi connectivity index (χ4v) is 4.95. The van der Waals surface area contributed by atoms with Gasteiger partial charge >= 0.3 is 5.97 Å². The SMILES string of the molecule is O=C(Oc1cccc(N2C(=O)[C@@H]3CC=CC[C@H]3C2=O)c1)[C@@H]1CC(=O)N(c2ccccc2Cl)C1. The Hall–Kier alpha value is -3.45. The second-order valence-corrected chi connectivity index (χ2v) is 8.85. The van der Waals surface area contributed by atoms with Crippen molar-refractivity contribution >= 4 is 46.7 Å². The molecule has 2 heterocycles. The van der Waals surface area contributed by atoms with Crippen LogP contribution in [0.3, 0.4) is 0 Å². The average Bonchev–Trinajstić information content (AvgIpc) is 3.32. The predicted molar refractivity (Wildman–Crippen MR) is 122 cm³/mol. The topological polar surface area (TPSA) is 84.0 Å². The number of para-hydroxylation sites is 1. The van der Waals surface area contributed by atoms with Crippen molar-refractivity contribution in [2.75, 3.05) is 16.3 Å². The van der Waals surface area contributed by atoms with E-state index in [-0.39, 0.29) is 48.3 Å². The zero-order chi connectivity index (χ0) is 23.1. The van der Waals surface area contributed by atoms with Gasteiger partial charge in [0, 0.05) is 19.0 Å². The van der Waals surface area contributed by atoms with Gasteiger partial charge in [0.1, 0.15) is 5.75 Å². The van der Waals surface area contributed by atoms with E-state index < -0.39 is 11.9 Å². The molecule has 2 aromatic rings. The monoisotopic (exact) mass is 464 g/mol. The number of rotatable bonds is 4. The molecule has 0 aromatic heterocycles. The van der Waals surface area contributed by atoms with Gasteiger partial charge in [-0.15, -0.1) is 0 Å². The number of amides is 3. The van der Waals surface area contributed by atoms with Crippen molar-refractivity contribution in [3.05, 3.63) is 65.7 Å². The van der Waals surface area contributed by atoms with E-state index >= 15 is 0 Å². The number of allylic oxidation sites excluding steroid dienone is 2. The number of imide groups is 1. The molecule has 5 rings (SSSR count). The van der Waals surface area contributed by atoms with Crippen molar-refractivity contribution in [1.82, 2.24) is 0 Å². The fraction of sp³-hybridized carbons (Fsp3) is 0.280. The van der Waals surface area contributed by atoms with E-state index in [0.717, 1.165) is 0 Å². The summed E-state index contributed by atoms with van der Waals surface area (Å²) in [6.07, 6.45) is 4.99. The molecule has 8 heteroatoms. The summed E-state index contributed by atoms with van der Waals surface area (Å²) in [7, 11) is 0. The third-order valence-corrected chi connectivity index (χ3v) is 6.72. The first-order chi connectivity index (χ1) is 15.9. The minimum atomic E-state index is -0.651. The van der Waals surface area contributed by atoms with E-state index in [9.17, 15) is 19.2 Å². The number of hydrogen-bond donors (Lipinski definition) is 0. The smallest absolute Gasteiger partial charge is 0.316 e. The molecular formula is C25H21ClN2O5. The molecule has 0 saturated carbocycles. The number of nitrogens with zero attached hydrogens (tertiary/aromatic N) is 2. The maximum absolute atomic E-state index is 12.8.